The Kier molecular flexibility index (Phi) is 8.81. The first-order valence-corrected chi connectivity index (χ1v) is 10.0. The molecule has 28 heavy (non-hydrogen) atoms. The first-order chi connectivity index (χ1) is 13.5. The molecule has 2 aromatic carbocycles. The lowest BCUT2D eigenvalue weighted by atomic mass is 10.2. The van der Waals surface area contributed by atoms with Gasteiger partial charge in [0.2, 0.25) is 5.91 Å². The minimum atomic E-state index is -0.249. The fraction of sp³-hybridized carbons (Fsp3) is 0.333. The predicted molar refractivity (Wildman–Crippen MR) is 109 cm³/mol. The minimum absolute atomic E-state index is 0.0424. The van der Waals surface area contributed by atoms with E-state index in [1.54, 1.807) is 49.0 Å². The highest BCUT2D eigenvalue weighted by Gasteiger charge is 2.12. The summed E-state index contributed by atoms with van der Waals surface area (Å²) in [5, 5.41) is 2.51. The molecule has 2 amide bonds. The second kappa shape index (κ2) is 11.3. The molecule has 0 atom stereocenters. The Hall–Kier alpha value is -2.54. The van der Waals surface area contributed by atoms with Crippen molar-refractivity contribution in [1.29, 1.82) is 0 Å². The summed E-state index contributed by atoms with van der Waals surface area (Å²) in [7, 11) is 3.31. The van der Waals surface area contributed by atoms with Crippen molar-refractivity contribution in [3.63, 3.8) is 0 Å². The Morgan fingerprint density at radius 2 is 1.86 bits per heavy atom. The quantitative estimate of drug-likeness (QED) is 0.487. The number of carbonyl (C=O) groups excluding carboxylic acids is 2. The molecule has 0 aliphatic carbocycles. The summed E-state index contributed by atoms with van der Waals surface area (Å²) in [6.45, 7) is 0.347. The Balaban J connectivity index is 1.78. The van der Waals surface area contributed by atoms with Gasteiger partial charge in [-0.3, -0.25) is 9.59 Å². The van der Waals surface area contributed by atoms with Gasteiger partial charge in [0, 0.05) is 37.5 Å². The van der Waals surface area contributed by atoms with Crippen LogP contribution in [0.25, 0.3) is 0 Å². The molecule has 0 saturated heterocycles. The lowest BCUT2D eigenvalue weighted by Gasteiger charge is -2.19. The number of amides is 2. The maximum Gasteiger partial charge on any atom is 0.257 e. The summed E-state index contributed by atoms with van der Waals surface area (Å²) in [5.74, 6) is 0.967. The molecule has 2 rings (SSSR count). The number of nitrogens with zero attached hydrogens (tertiary/aromatic N) is 1. The molecule has 0 heterocycles. The summed E-state index contributed by atoms with van der Waals surface area (Å²) >= 11 is 1.61. The van der Waals surface area contributed by atoms with Gasteiger partial charge in [0.05, 0.1) is 0 Å². The van der Waals surface area contributed by atoms with Crippen molar-refractivity contribution in [2.24, 2.45) is 0 Å². The Morgan fingerprint density at radius 1 is 1.14 bits per heavy atom. The van der Waals surface area contributed by atoms with Crippen LogP contribution < -0.4 is 10.1 Å². The maximum absolute atomic E-state index is 12.9. The molecule has 0 aromatic heterocycles. The molecule has 0 spiro atoms. The Bertz CT molecular complexity index is 783. The van der Waals surface area contributed by atoms with E-state index in [9.17, 15) is 14.0 Å². The molecule has 5 nitrogen and oxygen atoms in total. The molecule has 0 aliphatic rings. The van der Waals surface area contributed by atoms with Crippen molar-refractivity contribution in [2.45, 2.75) is 24.3 Å². The SMILES string of the molecule is CNC(=O)COc1ccccc1CN(C)C(=O)CCCSc1ccc(F)cc1. The average Bonchev–Trinajstić information content (AvgIpc) is 2.71. The second-order valence-corrected chi connectivity index (χ2v) is 7.39. The van der Waals surface area contributed by atoms with Crippen LogP contribution in [0.2, 0.25) is 0 Å². The third kappa shape index (κ3) is 7.23. The molecule has 0 radical (unpaired) electrons. The maximum atomic E-state index is 12.9. The van der Waals surface area contributed by atoms with Gasteiger partial charge in [0.25, 0.3) is 5.91 Å². The average molecular weight is 405 g/mol. The first-order valence-electron chi connectivity index (χ1n) is 9.03. The summed E-state index contributed by atoms with van der Waals surface area (Å²) < 4.78 is 18.4. The number of halogens is 1. The normalized spacial score (nSPS) is 10.4. The van der Waals surface area contributed by atoms with Crippen molar-refractivity contribution in [3.8, 4) is 5.75 Å². The van der Waals surface area contributed by atoms with Crippen LogP contribution in [0.3, 0.4) is 0 Å². The standard InChI is InChI=1S/C21H25FN2O3S/c1-23-20(25)15-27-19-7-4-3-6-16(19)14-24(2)21(26)8-5-13-28-18-11-9-17(22)10-12-18/h3-4,6-7,9-12H,5,8,13-15H2,1-2H3,(H,23,25). The lowest BCUT2D eigenvalue weighted by molar-refractivity contribution is -0.130. The number of carbonyl (C=O) groups is 2. The van der Waals surface area contributed by atoms with Gasteiger partial charge in [-0.1, -0.05) is 18.2 Å². The van der Waals surface area contributed by atoms with E-state index in [0.29, 0.717) is 18.7 Å². The number of para-hydroxylation sites is 1. The third-order valence-electron chi connectivity index (χ3n) is 4.06. The highest BCUT2D eigenvalue weighted by Crippen LogP contribution is 2.21. The van der Waals surface area contributed by atoms with Gasteiger partial charge in [-0.2, -0.15) is 0 Å². The van der Waals surface area contributed by atoms with Gasteiger partial charge >= 0.3 is 0 Å². The van der Waals surface area contributed by atoms with Gasteiger partial charge in [-0.05, 0) is 42.5 Å². The number of likely N-dealkylation sites (N-methyl/N-ethyl adjacent to an activating group) is 1. The molecule has 2 aromatic rings. The van der Waals surface area contributed by atoms with Crippen molar-refractivity contribution in [3.05, 3.63) is 59.9 Å². The second-order valence-electron chi connectivity index (χ2n) is 6.23. The fourth-order valence-electron chi connectivity index (χ4n) is 2.47. The van der Waals surface area contributed by atoms with Crippen molar-refractivity contribution in [2.75, 3.05) is 26.5 Å². The van der Waals surface area contributed by atoms with Crippen LogP contribution >= 0.6 is 11.8 Å². The number of thioether (sulfide) groups is 1. The van der Waals surface area contributed by atoms with E-state index >= 15 is 0 Å². The number of hydrogen-bond acceptors (Lipinski definition) is 4. The molecule has 1 N–H and O–H groups in total. The topological polar surface area (TPSA) is 58.6 Å². The van der Waals surface area contributed by atoms with E-state index in [0.717, 1.165) is 22.6 Å². The fourth-order valence-corrected chi connectivity index (χ4v) is 3.32. The van der Waals surface area contributed by atoms with Crippen molar-refractivity contribution < 1.29 is 18.7 Å². The Labute approximate surface area is 169 Å². The molecular weight excluding hydrogens is 379 g/mol. The van der Waals surface area contributed by atoms with Gasteiger partial charge in [0.1, 0.15) is 11.6 Å². The lowest BCUT2D eigenvalue weighted by Crippen LogP contribution is -2.27. The highest BCUT2D eigenvalue weighted by molar-refractivity contribution is 7.99. The van der Waals surface area contributed by atoms with E-state index in [-0.39, 0.29) is 24.2 Å². The number of nitrogens with one attached hydrogen (secondary N) is 1. The van der Waals surface area contributed by atoms with Crippen LogP contribution in [0, 0.1) is 5.82 Å². The van der Waals surface area contributed by atoms with Gasteiger partial charge < -0.3 is 15.0 Å². The molecule has 0 unspecified atom stereocenters. The number of ether oxygens (including phenoxy) is 1. The van der Waals surface area contributed by atoms with E-state index in [2.05, 4.69) is 5.32 Å². The largest absolute Gasteiger partial charge is 0.483 e. The van der Waals surface area contributed by atoms with Gasteiger partial charge in [0.15, 0.2) is 6.61 Å². The molecule has 0 bridgehead atoms. The van der Waals surface area contributed by atoms with E-state index in [1.807, 2.05) is 18.2 Å². The van der Waals surface area contributed by atoms with Crippen LogP contribution in [-0.2, 0) is 16.1 Å². The van der Waals surface area contributed by atoms with Crippen LogP contribution in [0.1, 0.15) is 18.4 Å². The predicted octanol–water partition coefficient (Wildman–Crippen LogP) is 3.48. The van der Waals surface area contributed by atoms with E-state index in [4.69, 9.17) is 4.74 Å². The van der Waals surface area contributed by atoms with Crippen molar-refractivity contribution >= 4 is 23.6 Å². The highest BCUT2D eigenvalue weighted by atomic mass is 32.2. The molecule has 0 aliphatic heterocycles. The summed E-state index contributed by atoms with van der Waals surface area (Å²) in [6.07, 6.45) is 1.17. The third-order valence-corrected chi connectivity index (χ3v) is 5.16. The zero-order valence-electron chi connectivity index (χ0n) is 16.1. The molecular formula is C21H25FN2O3S. The Morgan fingerprint density at radius 3 is 2.57 bits per heavy atom. The van der Waals surface area contributed by atoms with Gasteiger partial charge in [-0.15, -0.1) is 11.8 Å². The summed E-state index contributed by atoms with van der Waals surface area (Å²) in [5.41, 5.74) is 0.850. The number of hydrogen-bond donors (Lipinski definition) is 1. The van der Waals surface area contributed by atoms with Crippen LogP contribution in [-0.4, -0.2) is 43.2 Å². The first kappa shape index (κ1) is 21.8. The molecule has 0 fully saturated rings. The zero-order valence-corrected chi connectivity index (χ0v) is 16.9. The van der Waals surface area contributed by atoms with E-state index in [1.165, 1.54) is 12.1 Å². The van der Waals surface area contributed by atoms with Gasteiger partial charge in [-0.25, -0.2) is 4.39 Å². The van der Waals surface area contributed by atoms with Crippen molar-refractivity contribution in [1.82, 2.24) is 10.2 Å². The summed E-state index contributed by atoms with van der Waals surface area (Å²) in [4.78, 5) is 26.4. The van der Waals surface area contributed by atoms with E-state index < -0.39 is 0 Å². The monoisotopic (exact) mass is 404 g/mol. The van der Waals surface area contributed by atoms with Crippen LogP contribution in [0.15, 0.2) is 53.4 Å². The van der Waals surface area contributed by atoms with Crippen LogP contribution in [0.5, 0.6) is 5.75 Å². The molecule has 7 heteroatoms. The summed E-state index contributed by atoms with van der Waals surface area (Å²) in [6, 6.07) is 13.7. The number of rotatable bonds is 10. The van der Waals surface area contributed by atoms with Crippen LogP contribution in [0.4, 0.5) is 4.39 Å². The molecule has 0 saturated carbocycles. The smallest absolute Gasteiger partial charge is 0.257 e. The minimum Gasteiger partial charge on any atom is -0.483 e. The number of benzene rings is 2. The molecule has 150 valence electrons. The zero-order chi connectivity index (χ0) is 20.4.